The predicted octanol–water partition coefficient (Wildman–Crippen LogP) is 2.49. The minimum Gasteiger partial charge on any atom is -0.496 e. The Balaban J connectivity index is 0.000000791. The number of fused-ring (bicyclic) bond motifs is 1. The van der Waals surface area contributed by atoms with Crippen molar-refractivity contribution in [1.29, 1.82) is 0 Å². The molecule has 2 heterocycles. The van der Waals surface area contributed by atoms with Crippen LogP contribution in [0.5, 0.6) is 5.75 Å². The standard InChI is InChI=1S/C15H14N2O5.2C2H6/c1-16-11(18)7-6-9(14(16)20)17-13(19)8-4-3-5-10(22-2)12(8)15(17)21;2*1-2/h3-5,9H,6-7H2,1-2H3;2*1-2H3. The van der Waals surface area contributed by atoms with Gasteiger partial charge in [0.05, 0.1) is 18.2 Å². The van der Waals surface area contributed by atoms with Gasteiger partial charge in [-0.1, -0.05) is 33.8 Å². The molecule has 1 fully saturated rings. The summed E-state index contributed by atoms with van der Waals surface area (Å²) in [6.07, 6.45) is 0.271. The minimum atomic E-state index is -0.945. The summed E-state index contributed by atoms with van der Waals surface area (Å²) in [7, 11) is 2.77. The van der Waals surface area contributed by atoms with Gasteiger partial charge in [0.2, 0.25) is 5.91 Å². The smallest absolute Gasteiger partial charge is 0.266 e. The fourth-order valence-corrected chi connectivity index (χ4v) is 2.86. The molecular weight excluding hydrogens is 336 g/mol. The monoisotopic (exact) mass is 362 g/mol. The van der Waals surface area contributed by atoms with E-state index >= 15 is 0 Å². The molecule has 0 aromatic heterocycles. The van der Waals surface area contributed by atoms with Crippen LogP contribution in [0.1, 0.15) is 61.3 Å². The maximum absolute atomic E-state index is 12.6. The molecule has 1 unspecified atom stereocenters. The molecular formula is C19H26N2O5. The van der Waals surface area contributed by atoms with Crippen LogP contribution in [-0.4, -0.2) is 53.6 Å². The average molecular weight is 362 g/mol. The number of likely N-dealkylation sites (tertiary alicyclic amines) is 1. The molecule has 1 atom stereocenters. The summed E-state index contributed by atoms with van der Waals surface area (Å²) in [5.74, 6) is -1.63. The zero-order valence-electron chi connectivity index (χ0n) is 16.2. The molecule has 0 N–H and O–H groups in total. The lowest BCUT2D eigenvalue weighted by Gasteiger charge is -2.32. The van der Waals surface area contributed by atoms with E-state index in [1.165, 1.54) is 20.2 Å². The molecule has 7 heteroatoms. The molecule has 4 amide bonds. The van der Waals surface area contributed by atoms with Gasteiger partial charge in [-0.25, -0.2) is 0 Å². The maximum Gasteiger partial charge on any atom is 0.266 e. The molecule has 1 saturated heterocycles. The summed E-state index contributed by atoms with van der Waals surface area (Å²) >= 11 is 0. The Morgan fingerprint density at radius 1 is 1.00 bits per heavy atom. The summed E-state index contributed by atoms with van der Waals surface area (Å²) in [4.78, 5) is 50.8. The molecule has 142 valence electrons. The van der Waals surface area contributed by atoms with Crippen LogP contribution < -0.4 is 4.74 Å². The summed E-state index contributed by atoms with van der Waals surface area (Å²) < 4.78 is 5.13. The number of ether oxygens (including phenoxy) is 1. The number of nitrogens with zero attached hydrogens (tertiary/aromatic N) is 2. The highest BCUT2D eigenvalue weighted by Crippen LogP contribution is 2.33. The summed E-state index contributed by atoms with van der Waals surface area (Å²) in [5.41, 5.74) is 0.388. The van der Waals surface area contributed by atoms with Gasteiger partial charge >= 0.3 is 0 Å². The highest BCUT2D eigenvalue weighted by atomic mass is 16.5. The van der Waals surface area contributed by atoms with Gasteiger partial charge in [-0.3, -0.25) is 29.0 Å². The van der Waals surface area contributed by atoms with Crippen LogP contribution in [0, 0.1) is 0 Å². The number of benzene rings is 1. The van der Waals surface area contributed by atoms with Crippen molar-refractivity contribution in [3.05, 3.63) is 29.3 Å². The van der Waals surface area contributed by atoms with Gasteiger partial charge in [-0.15, -0.1) is 0 Å². The van der Waals surface area contributed by atoms with Gasteiger partial charge < -0.3 is 4.74 Å². The van der Waals surface area contributed by atoms with Crippen LogP contribution in [0.2, 0.25) is 0 Å². The van der Waals surface area contributed by atoms with Crippen LogP contribution in [0.3, 0.4) is 0 Å². The first-order valence-electron chi connectivity index (χ1n) is 8.82. The molecule has 0 aliphatic carbocycles. The van der Waals surface area contributed by atoms with E-state index in [1.54, 1.807) is 12.1 Å². The van der Waals surface area contributed by atoms with Crippen molar-refractivity contribution >= 4 is 23.6 Å². The molecule has 0 saturated carbocycles. The summed E-state index contributed by atoms with van der Waals surface area (Å²) in [6.45, 7) is 8.00. The Morgan fingerprint density at radius 2 is 1.62 bits per heavy atom. The second-order valence-corrected chi connectivity index (χ2v) is 5.21. The van der Waals surface area contributed by atoms with Crippen molar-refractivity contribution in [1.82, 2.24) is 9.80 Å². The SMILES string of the molecule is CC.CC.COc1cccc2c1C(=O)N(C1CCC(=O)N(C)C1=O)C2=O. The van der Waals surface area contributed by atoms with Crippen molar-refractivity contribution in [2.75, 3.05) is 14.2 Å². The van der Waals surface area contributed by atoms with Gasteiger partial charge in [0.25, 0.3) is 17.7 Å². The molecule has 26 heavy (non-hydrogen) atoms. The van der Waals surface area contributed by atoms with Crippen molar-refractivity contribution < 1.29 is 23.9 Å². The predicted molar refractivity (Wildman–Crippen MR) is 97.0 cm³/mol. The van der Waals surface area contributed by atoms with Crippen LogP contribution in [-0.2, 0) is 9.59 Å². The number of likely N-dealkylation sites (N-methyl/N-ethyl adjacent to an activating group) is 1. The molecule has 3 rings (SSSR count). The van der Waals surface area contributed by atoms with Crippen LogP contribution in [0.25, 0.3) is 0 Å². The van der Waals surface area contributed by atoms with E-state index in [-0.39, 0.29) is 29.9 Å². The lowest BCUT2D eigenvalue weighted by molar-refractivity contribution is -0.149. The summed E-state index contributed by atoms with van der Waals surface area (Å²) in [6, 6.07) is 3.79. The number of carbonyl (C=O) groups excluding carboxylic acids is 4. The van der Waals surface area contributed by atoms with E-state index in [0.717, 1.165) is 9.80 Å². The fourth-order valence-electron chi connectivity index (χ4n) is 2.86. The molecule has 2 aliphatic heterocycles. The molecule has 1 aromatic carbocycles. The third-order valence-electron chi connectivity index (χ3n) is 4.06. The second-order valence-electron chi connectivity index (χ2n) is 5.21. The topological polar surface area (TPSA) is 84.0 Å². The van der Waals surface area contributed by atoms with E-state index in [4.69, 9.17) is 4.74 Å². The lowest BCUT2D eigenvalue weighted by atomic mass is 10.0. The Hall–Kier alpha value is -2.70. The summed E-state index contributed by atoms with van der Waals surface area (Å²) in [5, 5.41) is 0. The maximum atomic E-state index is 12.6. The first-order valence-corrected chi connectivity index (χ1v) is 8.82. The highest BCUT2D eigenvalue weighted by Gasteiger charge is 2.47. The number of methoxy groups -OCH3 is 1. The van der Waals surface area contributed by atoms with Crippen LogP contribution in [0.4, 0.5) is 0 Å². The number of carbonyl (C=O) groups is 4. The average Bonchev–Trinajstić information content (AvgIpc) is 2.94. The Bertz CT molecular complexity index is 714. The molecule has 0 bridgehead atoms. The Kier molecular flexibility index (Phi) is 7.49. The first kappa shape index (κ1) is 21.3. The van der Waals surface area contributed by atoms with Crippen molar-refractivity contribution in [2.24, 2.45) is 0 Å². The van der Waals surface area contributed by atoms with Crippen LogP contribution >= 0.6 is 0 Å². The highest BCUT2D eigenvalue weighted by molar-refractivity contribution is 6.24. The lowest BCUT2D eigenvalue weighted by Crippen LogP contribution is -2.54. The van der Waals surface area contributed by atoms with E-state index < -0.39 is 23.8 Å². The van der Waals surface area contributed by atoms with Gasteiger partial charge in [-0.05, 0) is 18.6 Å². The van der Waals surface area contributed by atoms with Crippen LogP contribution in [0.15, 0.2) is 18.2 Å². The minimum absolute atomic E-state index is 0.122. The zero-order chi connectivity index (χ0) is 20.0. The number of piperidine rings is 1. The zero-order valence-corrected chi connectivity index (χ0v) is 16.2. The van der Waals surface area contributed by atoms with Gasteiger partial charge in [0.1, 0.15) is 11.8 Å². The van der Waals surface area contributed by atoms with Crippen molar-refractivity contribution in [3.63, 3.8) is 0 Å². The number of hydrogen-bond acceptors (Lipinski definition) is 5. The normalized spacial score (nSPS) is 18.6. The van der Waals surface area contributed by atoms with Gasteiger partial charge in [0, 0.05) is 13.5 Å². The number of rotatable bonds is 2. The van der Waals surface area contributed by atoms with Crippen molar-refractivity contribution in [3.8, 4) is 5.75 Å². The van der Waals surface area contributed by atoms with E-state index in [9.17, 15) is 19.2 Å². The third kappa shape index (κ3) is 3.47. The van der Waals surface area contributed by atoms with E-state index in [0.29, 0.717) is 5.75 Å². The van der Waals surface area contributed by atoms with Gasteiger partial charge in [0.15, 0.2) is 0 Å². The quantitative estimate of drug-likeness (QED) is 0.755. The number of amides is 4. The molecule has 2 aliphatic rings. The Morgan fingerprint density at radius 3 is 2.19 bits per heavy atom. The van der Waals surface area contributed by atoms with E-state index in [1.807, 2.05) is 27.7 Å². The number of imide groups is 2. The van der Waals surface area contributed by atoms with Gasteiger partial charge in [-0.2, -0.15) is 0 Å². The third-order valence-corrected chi connectivity index (χ3v) is 4.06. The molecule has 7 nitrogen and oxygen atoms in total. The van der Waals surface area contributed by atoms with E-state index in [2.05, 4.69) is 0 Å². The molecule has 0 spiro atoms. The largest absolute Gasteiger partial charge is 0.496 e. The molecule has 1 aromatic rings. The van der Waals surface area contributed by atoms with Crippen molar-refractivity contribution in [2.45, 2.75) is 46.6 Å². The molecule has 0 radical (unpaired) electrons. The fraction of sp³-hybridized carbons (Fsp3) is 0.474. The first-order chi connectivity index (χ1) is 12.5. The second kappa shape index (κ2) is 9.12. The Labute approximate surface area is 153 Å². The number of hydrogen-bond donors (Lipinski definition) is 0.